The van der Waals surface area contributed by atoms with E-state index in [4.69, 9.17) is 4.42 Å². The molecule has 3 aromatic heterocycles. The van der Waals surface area contributed by atoms with Gasteiger partial charge < -0.3 is 15.1 Å². The van der Waals surface area contributed by atoms with E-state index in [1.807, 2.05) is 54.9 Å². The largest absolute Gasteiger partial charge is 0.466 e. The van der Waals surface area contributed by atoms with Crippen molar-refractivity contribution in [3.8, 4) is 5.82 Å². The first-order valence-electron chi connectivity index (χ1n) is 9.07. The lowest BCUT2D eigenvalue weighted by atomic mass is 10.2. The lowest BCUT2D eigenvalue weighted by Gasteiger charge is -2.10. The summed E-state index contributed by atoms with van der Waals surface area (Å²) in [6, 6.07) is 11.0. The molecule has 4 rings (SSSR count). The second-order valence-electron chi connectivity index (χ2n) is 6.61. The second kappa shape index (κ2) is 7.59. The van der Waals surface area contributed by atoms with Crippen LogP contribution >= 0.6 is 0 Å². The van der Waals surface area contributed by atoms with Crippen LogP contribution in [0.5, 0.6) is 0 Å². The number of nitrogens with zero attached hydrogens (tertiary/aromatic N) is 4. The summed E-state index contributed by atoms with van der Waals surface area (Å²) in [7, 11) is 0. The maximum atomic E-state index is 12.4. The van der Waals surface area contributed by atoms with Crippen molar-refractivity contribution in [2.24, 2.45) is 0 Å². The van der Waals surface area contributed by atoms with E-state index >= 15 is 0 Å². The second-order valence-corrected chi connectivity index (χ2v) is 6.61. The van der Waals surface area contributed by atoms with Crippen molar-refractivity contribution in [1.82, 2.24) is 19.5 Å². The fraction of sp³-hybridized carbons (Fsp3) is 0.143. The summed E-state index contributed by atoms with van der Waals surface area (Å²) in [5.74, 6) is 3.16. The SMILES string of the molecule is Cc1nc(Nc2ccc(NC(=O)c3cc(C)oc3C)cc2)cc(-n2ccnc2)n1. The third kappa shape index (κ3) is 4.16. The summed E-state index contributed by atoms with van der Waals surface area (Å²) in [5.41, 5.74) is 2.07. The molecule has 8 heteroatoms. The lowest BCUT2D eigenvalue weighted by Crippen LogP contribution is -2.12. The van der Waals surface area contributed by atoms with Crippen molar-refractivity contribution in [3.05, 3.63) is 78.0 Å². The topological polar surface area (TPSA) is 97.9 Å². The number of aromatic nitrogens is 4. The Morgan fingerprint density at radius 3 is 2.45 bits per heavy atom. The van der Waals surface area contributed by atoms with Crippen LogP contribution in [0.2, 0.25) is 0 Å². The normalized spacial score (nSPS) is 10.7. The number of anilines is 3. The minimum atomic E-state index is -0.198. The van der Waals surface area contributed by atoms with Crippen molar-refractivity contribution in [1.29, 1.82) is 0 Å². The molecule has 4 aromatic rings. The fourth-order valence-corrected chi connectivity index (χ4v) is 2.98. The van der Waals surface area contributed by atoms with E-state index in [-0.39, 0.29) is 5.91 Å². The summed E-state index contributed by atoms with van der Waals surface area (Å²) >= 11 is 0. The van der Waals surface area contributed by atoms with Crippen LogP contribution in [-0.2, 0) is 0 Å². The molecule has 0 unspecified atom stereocenters. The van der Waals surface area contributed by atoms with Crippen LogP contribution < -0.4 is 10.6 Å². The number of carbonyl (C=O) groups is 1. The molecule has 0 saturated heterocycles. The molecule has 2 N–H and O–H groups in total. The predicted octanol–water partition coefficient (Wildman–Crippen LogP) is 4.18. The molecule has 0 fully saturated rings. The average molecular weight is 388 g/mol. The zero-order valence-corrected chi connectivity index (χ0v) is 16.3. The minimum Gasteiger partial charge on any atom is -0.466 e. The van der Waals surface area contributed by atoms with Crippen molar-refractivity contribution < 1.29 is 9.21 Å². The smallest absolute Gasteiger partial charge is 0.259 e. The van der Waals surface area contributed by atoms with Crippen LogP contribution in [0.1, 0.15) is 27.7 Å². The number of carbonyl (C=O) groups excluding carboxylic acids is 1. The van der Waals surface area contributed by atoms with Gasteiger partial charge in [-0.2, -0.15) is 0 Å². The van der Waals surface area contributed by atoms with Gasteiger partial charge in [0.05, 0.1) is 5.56 Å². The van der Waals surface area contributed by atoms with Gasteiger partial charge in [-0.3, -0.25) is 9.36 Å². The van der Waals surface area contributed by atoms with Crippen LogP contribution in [0, 0.1) is 20.8 Å². The van der Waals surface area contributed by atoms with E-state index in [1.54, 1.807) is 25.5 Å². The molecule has 0 spiro atoms. The van der Waals surface area contributed by atoms with Crippen LogP contribution in [0.3, 0.4) is 0 Å². The van der Waals surface area contributed by atoms with Gasteiger partial charge in [-0.05, 0) is 51.1 Å². The van der Waals surface area contributed by atoms with Gasteiger partial charge in [-0.1, -0.05) is 0 Å². The zero-order valence-electron chi connectivity index (χ0n) is 16.3. The molecular weight excluding hydrogens is 368 g/mol. The van der Waals surface area contributed by atoms with E-state index in [0.717, 1.165) is 11.5 Å². The van der Waals surface area contributed by atoms with Crippen LogP contribution in [0.4, 0.5) is 17.2 Å². The first-order valence-corrected chi connectivity index (χ1v) is 9.07. The van der Waals surface area contributed by atoms with Gasteiger partial charge >= 0.3 is 0 Å². The molecule has 29 heavy (non-hydrogen) atoms. The summed E-state index contributed by atoms with van der Waals surface area (Å²) in [6.45, 7) is 5.43. The van der Waals surface area contributed by atoms with Crippen molar-refractivity contribution in [2.75, 3.05) is 10.6 Å². The molecule has 0 aliphatic heterocycles. The van der Waals surface area contributed by atoms with Gasteiger partial charge in [0, 0.05) is 29.8 Å². The Hall–Kier alpha value is -3.94. The Kier molecular flexibility index (Phi) is 4.82. The first kappa shape index (κ1) is 18.4. The quantitative estimate of drug-likeness (QED) is 0.532. The molecule has 1 amide bonds. The standard InChI is InChI=1S/C21H20N6O2/c1-13-10-18(14(2)29-13)21(28)26-17-6-4-16(5-7-17)25-19-11-20(24-15(3)23-19)27-9-8-22-12-27/h4-12H,1-3H3,(H,26,28)(H,23,24,25). The Labute approximate surface area is 167 Å². The monoisotopic (exact) mass is 388 g/mol. The van der Waals surface area contributed by atoms with Gasteiger partial charge in [0.2, 0.25) is 0 Å². The van der Waals surface area contributed by atoms with Crippen LogP contribution in [0.25, 0.3) is 5.82 Å². The van der Waals surface area contributed by atoms with Crippen molar-refractivity contribution >= 4 is 23.1 Å². The summed E-state index contributed by atoms with van der Waals surface area (Å²) in [6.07, 6.45) is 5.21. The molecular formula is C21H20N6O2. The Bertz CT molecular complexity index is 1150. The minimum absolute atomic E-state index is 0.198. The molecule has 0 atom stereocenters. The number of imidazole rings is 1. The Morgan fingerprint density at radius 2 is 1.79 bits per heavy atom. The average Bonchev–Trinajstić information content (AvgIpc) is 3.32. The number of hydrogen-bond acceptors (Lipinski definition) is 6. The number of amides is 1. The number of benzene rings is 1. The van der Waals surface area contributed by atoms with E-state index in [1.165, 1.54) is 0 Å². The van der Waals surface area contributed by atoms with E-state index in [9.17, 15) is 4.79 Å². The van der Waals surface area contributed by atoms with Crippen molar-refractivity contribution in [3.63, 3.8) is 0 Å². The predicted molar refractivity (Wildman–Crippen MR) is 110 cm³/mol. The molecule has 0 saturated carbocycles. The number of rotatable bonds is 5. The van der Waals surface area contributed by atoms with E-state index in [2.05, 4.69) is 25.6 Å². The van der Waals surface area contributed by atoms with E-state index < -0.39 is 0 Å². The van der Waals surface area contributed by atoms with Gasteiger partial charge in [0.25, 0.3) is 5.91 Å². The molecule has 0 aliphatic rings. The van der Waals surface area contributed by atoms with E-state index in [0.29, 0.717) is 34.4 Å². The summed E-state index contributed by atoms with van der Waals surface area (Å²) < 4.78 is 7.23. The third-order valence-corrected chi connectivity index (χ3v) is 4.29. The zero-order chi connectivity index (χ0) is 20.4. The Morgan fingerprint density at radius 1 is 1.03 bits per heavy atom. The highest BCUT2D eigenvalue weighted by atomic mass is 16.3. The number of nitrogens with one attached hydrogen (secondary N) is 2. The molecule has 146 valence electrons. The summed E-state index contributed by atoms with van der Waals surface area (Å²) in [4.78, 5) is 25.3. The van der Waals surface area contributed by atoms with Gasteiger partial charge in [0.1, 0.15) is 35.3 Å². The number of aryl methyl sites for hydroxylation is 3. The number of furan rings is 1. The first-order chi connectivity index (χ1) is 14.0. The molecule has 8 nitrogen and oxygen atoms in total. The fourth-order valence-electron chi connectivity index (χ4n) is 2.98. The molecule has 0 bridgehead atoms. The highest BCUT2D eigenvalue weighted by Gasteiger charge is 2.13. The van der Waals surface area contributed by atoms with Crippen molar-refractivity contribution in [2.45, 2.75) is 20.8 Å². The van der Waals surface area contributed by atoms with Gasteiger partial charge in [-0.15, -0.1) is 0 Å². The van der Waals surface area contributed by atoms with Crippen LogP contribution in [-0.4, -0.2) is 25.4 Å². The van der Waals surface area contributed by atoms with Gasteiger partial charge in [-0.25, -0.2) is 15.0 Å². The molecule has 0 radical (unpaired) electrons. The summed E-state index contributed by atoms with van der Waals surface area (Å²) in [5, 5.41) is 6.14. The molecule has 3 heterocycles. The van der Waals surface area contributed by atoms with Gasteiger partial charge in [0.15, 0.2) is 0 Å². The lowest BCUT2D eigenvalue weighted by molar-refractivity contribution is 0.102. The highest BCUT2D eigenvalue weighted by Crippen LogP contribution is 2.21. The maximum absolute atomic E-state index is 12.4. The maximum Gasteiger partial charge on any atom is 0.259 e. The molecule has 0 aliphatic carbocycles. The number of hydrogen-bond donors (Lipinski definition) is 2. The third-order valence-electron chi connectivity index (χ3n) is 4.29. The van der Waals surface area contributed by atoms with Crippen LogP contribution in [0.15, 0.2) is 59.5 Å². The highest BCUT2D eigenvalue weighted by molar-refractivity contribution is 6.05. The molecule has 1 aromatic carbocycles. The Balaban J connectivity index is 1.47.